The number of rotatable bonds is 6. The highest BCUT2D eigenvalue weighted by molar-refractivity contribution is 7.92. The van der Waals surface area contributed by atoms with Gasteiger partial charge in [0.25, 0.3) is 10.0 Å². The number of benzene rings is 1. The van der Waals surface area contributed by atoms with Gasteiger partial charge in [0, 0.05) is 28.2 Å². The van der Waals surface area contributed by atoms with Crippen LogP contribution in [-0.4, -0.2) is 49.3 Å². The Morgan fingerprint density at radius 2 is 1.97 bits per heavy atom. The van der Waals surface area contributed by atoms with E-state index in [-0.39, 0.29) is 38.9 Å². The van der Waals surface area contributed by atoms with Gasteiger partial charge in [-0.1, -0.05) is 52.5 Å². The molecule has 0 radical (unpaired) electrons. The van der Waals surface area contributed by atoms with E-state index >= 15 is 4.39 Å². The van der Waals surface area contributed by atoms with E-state index in [0.717, 1.165) is 16.5 Å². The molecule has 0 atom stereocenters. The van der Waals surface area contributed by atoms with Crippen LogP contribution in [0.5, 0.6) is 0 Å². The fraction of sp³-hybridized carbons (Fsp3) is 0.238. The zero-order valence-corrected chi connectivity index (χ0v) is 23.1. The molecule has 1 aromatic carbocycles. The highest BCUT2D eigenvalue weighted by Crippen LogP contribution is 2.34. The number of likely N-dealkylation sites (N-methyl/N-ethyl adjacent to an activating group) is 1. The van der Waals surface area contributed by atoms with Gasteiger partial charge in [-0.3, -0.25) is 4.68 Å². The molecule has 3 heterocycles. The molecule has 0 saturated carbocycles. The maximum Gasteiger partial charge on any atom is 0.331 e. The number of hydrogen-bond acceptors (Lipinski definition) is 6. The van der Waals surface area contributed by atoms with Crippen LogP contribution in [0.4, 0.5) is 9.18 Å². The molecule has 192 valence electrons. The first-order chi connectivity index (χ1) is 17.0. The summed E-state index contributed by atoms with van der Waals surface area (Å²) in [6, 6.07) is 5.14. The Hall–Kier alpha value is -1.86. The third-order valence-electron chi connectivity index (χ3n) is 5.20. The molecule has 2 aromatic heterocycles. The number of urea groups is 1. The maximum absolute atomic E-state index is 15.4. The normalized spacial score (nSPS) is 14.9. The van der Waals surface area contributed by atoms with Crippen molar-refractivity contribution in [3.05, 3.63) is 72.5 Å². The second-order valence-electron chi connectivity index (χ2n) is 7.74. The van der Waals surface area contributed by atoms with Crippen LogP contribution in [0.1, 0.15) is 16.8 Å². The van der Waals surface area contributed by atoms with Crippen LogP contribution in [0.25, 0.3) is 5.57 Å². The summed E-state index contributed by atoms with van der Waals surface area (Å²) in [5, 5.41) is 5.32. The van der Waals surface area contributed by atoms with E-state index in [1.807, 2.05) is 4.72 Å². The van der Waals surface area contributed by atoms with E-state index in [1.54, 1.807) is 29.1 Å². The molecule has 0 unspecified atom stereocenters. The highest BCUT2D eigenvalue weighted by atomic mass is 35.5. The lowest BCUT2D eigenvalue weighted by molar-refractivity contribution is 0.144. The predicted octanol–water partition coefficient (Wildman–Crippen LogP) is 5.85. The molecular formula is C21H17Cl4FN4O4S2. The Bertz CT molecular complexity index is 1450. The van der Waals surface area contributed by atoms with E-state index in [0.29, 0.717) is 32.6 Å². The fourth-order valence-electron chi connectivity index (χ4n) is 3.43. The molecule has 1 N–H and O–H groups in total. The summed E-state index contributed by atoms with van der Waals surface area (Å²) in [6.07, 6.45) is 1.58. The molecular weight excluding hydrogens is 597 g/mol. The molecule has 3 aromatic rings. The molecule has 1 aliphatic rings. The maximum atomic E-state index is 15.4. The number of amides is 2. The standard InChI is InChI=1S/C21H17Cl4FN4O4S2/c1-29(21(31)28-36(32,33)18-5-16(24)20(25)35-18)8-17(26)14-10-34-9-12-6-27-30(19(12)14)7-11-2-3-13(22)4-15(11)23/h2-6H,7-10H2,1H3,(H,28,31)/b17-14-. The number of sulfonamides is 1. The van der Waals surface area contributed by atoms with Crippen molar-refractivity contribution in [2.75, 3.05) is 20.2 Å². The van der Waals surface area contributed by atoms with Crippen LogP contribution in [0.2, 0.25) is 19.4 Å². The van der Waals surface area contributed by atoms with Gasteiger partial charge in [0.1, 0.15) is 14.4 Å². The van der Waals surface area contributed by atoms with Crippen LogP contribution in [0, 0.1) is 0 Å². The first-order valence-electron chi connectivity index (χ1n) is 10.1. The van der Waals surface area contributed by atoms with Crippen LogP contribution < -0.4 is 4.72 Å². The average Bonchev–Trinajstić information content (AvgIpc) is 3.38. The molecule has 2 amide bonds. The molecule has 0 saturated heterocycles. The Kier molecular flexibility index (Phi) is 8.20. The number of carbonyl (C=O) groups excluding carboxylic acids is 1. The van der Waals surface area contributed by atoms with Crippen LogP contribution in [0.15, 0.2) is 40.5 Å². The van der Waals surface area contributed by atoms with Gasteiger partial charge >= 0.3 is 6.03 Å². The number of nitrogens with zero attached hydrogens (tertiary/aromatic N) is 3. The van der Waals surface area contributed by atoms with Crippen molar-refractivity contribution in [1.29, 1.82) is 0 Å². The van der Waals surface area contributed by atoms with Crippen LogP contribution in [0.3, 0.4) is 0 Å². The number of fused-ring (bicyclic) bond motifs is 1. The molecule has 0 spiro atoms. The van der Waals surface area contributed by atoms with E-state index in [2.05, 4.69) is 5.10 Å². The monoisotopic (exact) mass is 612 g/mol. The topological polar surface area (TPSA) is 93.5 Å². The minimum absolute atomic E-state index is 0.0447. The largest absolute Gasteiger partial charge is 0.372 e. The summed E-state index contributed by atoms with van der Waals surface area (Å²) in [7, 11) is -2.99. The lowest BCUT2D eigenvalue weighted by Gasteiger charge is -2.22. The number of thiophene rings is 1. The van der Waals surface area contributed by atoms with Crippen molar-refractivity contribution in [3.8, 4) is 0 Å². The Labute approximate surface area is 230 Å². The third-order valence-corrected chi connectivity index (χ3v) is 9.45. The van der Waals surface area contributed by atoms with E-state index in [1.165, 1.54) is 7.05 Å². The van der Waals surface area contributed by atoms with E-state index < -0.39 is 28.4 Å². The van der Waals surface area contributed by atoms with E-state index in [4.69, 9.17) is 51.1 Å². The number of halogens is 5. The van der Waals surface area contributed by atoms with Gasteiger partial charge < -0.3 is 9.64 Å². The summed E-state index contributed by atoms with van der Waals surface area (Å²) in [5.41, 5.74) is 2.10. The first-order valence-corrected chi connectivity index (χ1v) is 13.9. The second kappa shape index (κ2) is 10.9. The van der Waals surface area contributed by atoms with Gasteiger partial charge in [0.15, 0.2) is 0 Å². The van der Waals surface area contributed by atoms with Crippen molar-refractivity contribution in [1.82, 2.24) is 19.4 Å². The van der Waals surface area contributed by atoms with Crippen LogP contribution >= 0.6 is 57.7 Å². The van der Waals surface area contributed by atoms with Crippen LogP contribution in [-0.2, 0) is 27.9 Å². The van der Waals surface area contributed by atoms with E-state index in [9.17, 15) is 13.2 Å². The molecule has 36 heavy (non-hydrogen) atoms. The first kappa shape index (κ1) is 27.2. The predicted molar refractivity (Wildman–Crippen MR) is 138 cm³/mol. The summed E-state index contributed by atoms with van der Waals surface area (Å²) >= 11 is 24.6. The minimum atomic E-state index is -4.25. The van der Waals surface area contributed by atoms with Gasteiger partial charge in [0.2, 0.25) is 0 Å². The lowest BCUT2D eigenvalue weighted by atomic mass is 10.1. The van der Waals surface area contributed by atoms with Crippen molar-refractivity contribution < 1.29 is 22.3 Å². The summed E-state index contributed by atoms with van der Waals surface area (Å²) in [4.78, 5) is 13.4. The summed E-state index contributed by atoms with van der Waals surface area (Å²) < 4.78 is 49.2. The van der Waals surface area contributed by atoms with Gasteiger partial charge in [-0.05, 0) is 23.8 Å². The number of aromatic nitrogens is 2. The van der Waals surface area contributed by atoms with Gasteiger partial charge in [-0.15, -0.1) is 11.3 Å². The zero-order valence-electron chi connectivity index (χ0n) is 18.4. The highest BCUT2D eigenvalue weighted by Gasteiger charge is 2.27. The average molecular weight is 614 g/mol. The van der Waals surface area contributed by atoms with Crippen molar-refractivity contribution in [3.63, 3.8) is 0 Å². The van der Waals surface area contributed by atoms with Gasteiger partial charge in [-0.25, -0.2) is 22.3 Å². The molecule has 8 nitrogen and oxygen atoms in total. The Morgan fingerprint density at radius 3 is 2.64 bits per heavy atom. The minimum Gasteiger partial charge on any atom is -0.372 e. The summed E-state index contributed by atoms with van der Waals surface area (Å²) in [6.45, 7) is -0.0826. The zero-order chi connectivity index (χ0) is 26.2. The van der Waals surface area contributed by atoms with Gasteiger partial charge in [-0.2, -0.15) is 5.10 Å². The quantitative estimate of drug-likeness (QED) is 0.377. The molecule has 4 rings (SSSR count). The molecule has 0 aliphatic carbocycles. The Balaban J connectivity index is 1.54. The number of ether oxygens (including phenoxy) is 1. The molecule has 0 bridgehead atoms. The molecule has 0 fully saturated rings. The molecule has 15 heteroatoms. The number of hydrogen-bond donors (Lipinski definition) is 1. The summed E-state index contributed by atoms with van der Waals surface area (Å²) in [5.74, 6) is -0.683. The van der Waals surface area contributed by atoms with Crippen molar-refractivity contribution in [2.24, 2.45) is 0 Å². The lowest BCUT2D eigenvalue weighted by Crippen LogP contribution is -2.41. The van der Waals surface area contributed by atoms with Gasteiger partial charge in [0.05, 0.1) is 43.2 Å². The SMILES string of the molecule is CN(C/C(F)=C1\COCc2cnn(Cc3ccc(Cl)cc3Cl)c21)C(=O)NS(=O)(=O)c1cc(Cl)c(Cl)s1. The Morgan fingerprint density at radius 1 is 1.22 bits per heavy atom. The number of nitrogens with one attached hydrogen (secondary N) is 1. The fourth-order valence-corrected chi connectivity index (χ4v) is 6.77. The van der Waals surface area contributed by atoms with Crippen molar-refractivity contribution in [2.45, 2.75) is 17.4 Å². The molecule has 1 aliphatic heterocycles. The second-order valence-corrected chi connectivity index (χ2v) is 12.6. The third kappa shape index (κ3) is 5.83. The smallest absolute Gasteiger partial charge is 0.331 e. The number of carbonyl (C=O) groups is 1. The van der Waals surface area contributed by atoms with Crippen molar-refractivity contribution >= 4 is 79.4 Å².